The van der Waals surface area contributed by atoms with Gasteiger partial charge in [-0.2, -0.15) is 0 Å². The van der Waals surface area contributed by atoms with Gasteiger partial charge in [0.1, 0.15) is 5.44 Å². The molecule has 7 heteroatoms. The first-order chi connectivity index (χ1) is 6.02. The molecule has 72 valence electrons. The van der Waals surface area contributed by atoms with Crippen LogP contribution < -0.4 is 0 Å². The van der Waals surface area contributed by atoms with Crippen LogP contribution in [0.5, 0.6) is 0 Å². The van der Waals surface area contributed by atoms with Gasteiger partial charge >= 0.3 is 11.9 Å². The minimum absolute atomic E-state index is 0.160. The molecule has 1 unspecified atom stereocenters. The number of carboxylic acid groups (broad SMARTS) is 2. The molecule has 13 heavy (non-hydrogen) atoms. The summed E-state index contributed by atoms with van der Waals surface area (Å²) < 4.78 is 0.160. The number of aliphatic hydroxyl groups is 1. The fraction of sp³-hybridized carbons (Fsp3) is 0.333. The largest absolute Gasteiger partial charge is 0.477 e. The number of aliphatic hydroxyl groups excluding tert-OH is 1. The minimum atomic E-state index is -1.48. The van der Waals surface area contributed by atoms with Crippen molar-refractivity contribution >= 4 is 35.5 Å². The van der Waals surface area contributed by atoms with Gasteiger partial charge in [0, 0.05) is 5.75 Å². The van der Waals surface area contributed by atoms with Gasteiger partial charge in [-0.3, -0.25) is 0 Å². The highest BCUT2D eigenvalue weighted by Crippen LogP contribution is 2.42. The summed E-state index contributed by atoms with van der Waals surface area (Å²) in [5, 5.41) is 26.1. The quantitative estimate of drug-likeness (QED) is 0.348. The maximum atomic E-state index is 10.5. The number of aliphatic carboxylic acids is 2. The van der Waals surface area contributed by atoms with Crippen molar-refractivity contribution in [1.82, 2.24) is 0 Å². The van der Waals surface area contributed by atoms with E-state index in [1.165, 1.54) is 0 Å². The maximum Gasteiger partial charge on any atom is 0.344 e. The third-order valence-electron chi connectivity index (χ3n) is 1.23. The standard InChI is InChI=1S/C6H6O5S2/c7-2-1-12-6(13-2)3(4(8)9)5(10)11/h2,7H,1H2,(H,8,9)(H,10,11). The van der Waals surface area contributed by atoms with Gasteiger partial charge in [-0.15, -0.1) is 11.8 Å². The molecule has 0 bridgehead atoms. The summed E-state index contributed by atoms with van der Waals surface area (Å²) in [6.07, 6.45) is 0. The molecule has 0 spiro atoms. The van der Waals surface area contributed by atoms with Crippen molar-refractivity contribution in [3.05, 3.63) is 9.81 Å². The van der Waals surface area contributed by atoms with Crippen LogP contribution in [0.4, 0.5) is 0 Å². The van der Waals surface area contributed by atoms with E-state index < -0.39 is 22.9 Å². The average Bonchev–Trinajstić information content (AvgIpc) is 2.34. The topological polar surface area (TPSA) is 94.8 Å². The Kier molecular flexibility index (Phi) is 3.23. The number of thioether (sulfide) groups is 2. The normalized spacial score (nSPS) is 21.6. The molecule has 1 aliphatic heterocycles. The van der Waals surface area contributed by atoms with Crippen molar-refractivity contribution in [2.75, 3.05) is 5.75 Å². The summed E-state index contributed by atoms with van der Waals surface area (Å²) in [5.41, 5.74) is -1.37. The molecule has 3 N–H and O–H groups in total. The molecule has 0 aromatic rings. The van der Waals surface area contributed by atoms with Gasteiger partial charge in [0.2, 0.25) is 0 Å². The number of carbonyl (C=O) groups is 2. The van der Waals surface area contributed by atoms with E-state index in [-0.39, 0.29) is 4.24 Å². The summed E-state index contributed by atoms with van der Waals surface area (Å²) in [5.74, 6) is -2.63. The lowest BCUT2D eigenvalue weighted by atomic mass is 10.3. The zero-order chi connectivity index (χ0) is 10.0. The van der Waals surface area contributed by atoms with E-state index >= 15 is 0 Å². The molecule has 1 saturated heterocycles. The number of rotatable bonds is 2. The van der Waals surface area contributed by atoms with Crippen molar-refractivity contribution in [1.29, 1.82) is 0 Å². The third kappa shape index (κ3) is 2.39. The van der Waals surface area contributed by atoms with Crippen molar-refractivity contribution in [2.45, 2.75) is 5.44 Å². The number of carboxylic acids is 2. The van der Waals surface area contributed by atoms with E-state index in [0.717, 1.165) is 23.5 Å². The molecule has 1 fully saturated rings. The summed E-state index contributed by atoms with van der Waals surface area (Å²) >= 11 is 1.91. The van der Waals surface area contributed by atoms with Crippen LogP contribution in [-0.2, 0) is 9.59 Å². The summed E-state index contributed by atoms with van der Waals surface area (Å²) in [4.78, 5) is 21.0. The predicted octanol–water partition coefficient (Wildman–Crippen LogP) is 0.166. The summed E-state index contributed by atoms with van der Waals surface area (Å²) in [6, 6.07) is 0. The molecule has 0 amide bonds. The van der Waals surface area contributed by atoms with Crippen LogP contribution >= 0.6 is 23.5 Å². The van der Waals surface area contributed by atoms with Crippen LogP contribution in [0.3, 0.4) is 0 Å². The van der Waals surface area contributed by atoms with E-state index in [1.807, 2.05) is 0 Å². The summed E-state index contributed by atoms with van der Waals surface area (Å²) in [6.45, 7) is 0. The highest BCUT2D eigenvalue weighted by Gasteiger charge is 2.29. The van der Waals surface area contributed by atoms with E-state index in [0.29, 0.717) is 5.75 Å². The average molecular weight is 222 g/mol. The second kappa shape index (κ2) is 4.03. The van der Waals surface area contributed by atoms with Crippen molar-refractivity contribution in [3.63, 3.8) is 0 Å². The Balaban J connectivity index is 2.97. The van der Waals surface area contributed by atoms with Crippen LogP contribution in [0, 0.1) is 0 Å². The molecule has 1 aliphatic rings. The van der Waals surface area contributed by atoms with E-state index in [9.17, 15) is 9.59 Å². The van der Waals surface area contributed by atoms with Crippen LogP contribution in [-0.4, -0.2) is 38.4 Å². The fourth-order valence-corrected chi connectivity index (χ4v) is 3.17. The molecule has 0 aliphatic carbocycles. The highest BCUT2D eigenvalue weighted by molar-refractivity contribution is 8.25. The lowest BCUT2D eigenvalue weighted by Crippen LogP contribution is -2.12. The van der Waals surface area contributed by atoms with E-state index in [1.54, 1.807) is 0 Å². The van der Waals surface area contributed by atoms with Gasteiger partial charge in [-0.1, -0.05) is 11.8 Å². The molecule has 0 radical (unpaired) electrons. The molecular formula is C6H6O5S2. The van der Waals surface area contributed by atoms with Crippen molar-refractivity contribution in [3.8, 4) is 0 Å². The Labute approximate surface area is 81.8 Å². The lowest BCUT2D eigenvalue weighted by molar-refractivity contribution is -0.140. The predicted molar refractivity (Wildman–Crippen MR) is 48.4 cm³/mol. The molecule has 1 rings (SSSR count). The van der Waals surface area contributed by atoms with Crippen molar-refractivity contribution in [2.24, 2.45) is 0 Å². The van der Waals surface area contributed by atoms with Crippen LogP contribution in [0.1, 0.15) is 0 Å². The lowest BCUT2D eigenvalue weighted by Gasteiger charge is -1.99. The minimum Gasteiger partial charge on any atom is -0.477 e. The molecule has 5 nitrogen and oxygen atoms in total. The molecule has 1 atom stereocenters. The monoisotopic (exact) mass is 222 g/mol. The van der Waals surface area contributed by atoms with Crippen LogP contribution in [0.25, 0.3) is 0 Å². The Morgan fingerprint density at radius 2 is 1.85 bits per heavy atom. The zero-order valence-electron chi connectivity index (χ0n) is 6.26. The Morgan fingerprint density at radius 3 is 2.15 bits per heavy atom. The SMILES string of the molecule is O=C(O)C(C(=O)O)=C1SCC(O)S1. The van der Waals surface area contributed by atoms with Gasteiger partial charge in [-0.05, 0) is 0 Å². The van der Waals surface area contributed by atoms with Crippen molar-refractivity contribution < 1.29 is 24.9 Å². The summed E-state index contributed by atoms with van der Waals surface area (Å²) in [7, 11) is 0. The molecule has 0 aromatic carbocycles. The van der Waals surface area contributed by atoms with Gasteiger partial charge in [-0.25, -0.2) is 9.59 Å². The van der Waals surface area contributed by atoms with E-state index in [4.69, 9.17) is 15.3 Å². The first-order valence-corrected chi connectivity index (χ1v) is 5.07. The Morgan fingerprint density at radius 1 is 1.31 bits per heavy atom. The van der Waals surface area contributed by atoms with E-state index in [2.05, 4.69) is 0 Å². The molecule has 0 saturated carbocycles. The number of hydrogen-bond acceptors (Lipinski definition) is 5. The first-order valence-electron chi connectivity index (χ1n) is 3.20. The molecule has 1 heterocycles. The Hall–Kier alpha value is -0.660. The zero-order valence-corrected chi connectivity index (χ0v) is 7.89. The second-order valence-corrected chi connectivity index (χ2v) is 4.63. The Bertz CT molecular complexity index is 269. The smallest absolute Gasteiger partial charge is 0.344 e. The van der Waals surface area contributed by atoms with Gasteiger partial charge < -0.3 is 15.3 Å². The maximum absolute atomic E-state index is 10.5. The third-order valence-corrected chi connectivity index (χ3v) is 3.89. The van der Waals surface area contributed by atoms with Gasteiger partial charge in [0.25, 0.3) is 0 Å². The fourth-order valence-electron chi connectivity index (χ4n) is 0.736. The molecule has 0 aromatic heterocycles. The number of hydrogen-bond donors (Lipinski definition) is 3. The second-order valence-electron chi connectivity index (χ2n) is 2.16. The van der Waals surface area contributed by atoms with Crippen LogP contribution in [0.2, 0.25) is 0 Å². The first kappa shape index (κ1) is 10.4. The highest BCUT2D eigenvalue weighted by atomic mass is 32.2. The molecular weight excluding hydrogens is 216 g/mol. The van der Waals surface area contributed by atoms with Gasteiger partial charge in [0.05, 0.1) is 4.24 Å². The van der Waals surface area contributed by atoms with Gasteiger partial charge in [0.15, 0.2) is 5.57 Å². The van der Waals surface area contributed by atoms with Crippen LogP contribution in [0.15, 0.2) is 9.81 Å².